The summed E-state index contributed by atoms with van der Waals surface area (Å²) < 4.78 is 0.767. The third-order valence-electron chi connectivity index (χ3n) is 3.92. The summed E-state index contributed by atoms with van der Waals surface area (Å²) in [6, 6.07) is 9.28. The van der Waals surface area contributed by atoms with Crippen LogP contribution in [-0.2, 0) is 0 Å². The Morgan fingerprint density at radius 3 is 2.50 bits per heavy atom. The zero-order valence-electron chi connectivity index (χ0n) is 14.0. The van der Waals surface area contributed by atoms with E-state index in [0.717, 1.165) is 11.4 Å². The van der Waals surface area contributed by atoms with E-state index >= 15 is 0 Å². The Morgan fingerprint density at radius 1 is 1.15 bits per heavy atom. The van der Waals surface area contributed by atoms with Gasteiger partial charge in [-0.05, 0) is 56.1 Å². The molecule has 3 rings (SSSR count). The van der Waals surface area contributed by atoms with Crippen LogP contribution in [0.4, 0.5) is 17.1 Å². The maximum atomic E-state index is 12.5. The van der Waals surface area contributed by atoms with Crippen molar-refractivity contribution in [1.82, 2.24) is 0 Å². The molecular formula is C18H16Br2ClN3O2. The van der Waals surface area contributed by atoms with Crippen LogP contribution in [0.3, 0.4) is 0 Å². The van der Waals surface area contributed by atoms with Gasteiger partial charge in [0.1, 0.15) is 11.4 Å². The first-order valence-corrected chi connectivity index (χ1v) is 9.10. The summed E-state index contributed by atoms with van der Waals surface area (Å²) in [6.07, 6.45) is 1.60. The number of anilines is 1. The lowest BCUT2D eigenvalue weighted by molar-refractivity contribution is -0.786. The van der Waals surface area contributed by atoms with Crippen molar-refractivity contribution in [3.63, 3.8) is 0 Å². The van der Waals surface area contributed by atoms with Crippen molar-refractivity contribution >= 4 is 60.4 Å². The summed E-state index contributed by atoms with van der Waals surface area (Å²) in [6.45, 7) is 0. The number of Topliss-reactive ketones (excluding diaryl/α,β-unsaturated/α-hetero) is 1. The molecule has 26 heavy (non-hydrogen) atoms. The molecule has 0 fully saturated rings. The molecule has 136 valence electrons. The first-order valence-electron chi connectivity index (χ1n) is 7.52. The SMILES string of the molecule is C[NH+](C)c1cccc(N=C2C=C(Br)C(=O)c3c(N)cc(Br)c(O)c32)c1.[Cl-]. The Bertz CT molecular complexity index is 956. The van der Waals surface area contributed by atoms with Gasteiger partial charge in [-0.25, -0.2) is 4.99 Å². The predicted octanol–water partition coefficient (Wildman–Crippen LogP) is 0.113. The average Bonchev–Trinajstić information content (AvgIpc) is 2.56. The van der Waals surface area contributed by atoms with E-state index in [4.69, 9.17) is 5.73 Å². The molecule has 0 amide bonds. The largest absolute Gasteiger partial charge is 1.00 e. The molecule has 2 aromatic rings. The summed E-state index contributed by atoms with van der Waals surface area (Å²) >= 11 is 6.54. The summed E-state index contributed by atoms with van der Waals surface area (Å²) in [5.74, 6) is -0.331. The fourth-order valence-corrected chi connectivity index (χ4v) is 3.50. The number of hydrogen-bond donors (Lipinski definition) is 3. The molecule has 0 spiro atoms. The number of quaternary nitrogens is 1. The fraction of sp³-hybridized carbons (Fsp3) is 0.111. The third-order valence-corrected chi connectivity index (χ3v) is 5.11. The van der Waals surface area contributed by atoms with Gasteiger partial charge in [-0.1, -0.05) is 6.07 Å². The van der Waals surface area contributed by atoms with Gasteiger partial charge in [0.05, 0.1) is 45.6 Å². The number of fused-ring (bicyclic) bond motifs is 1. The summed E-state index contributed by atoms with van der Waals surface area (Å²) in [5.41, 5.74) is 9.16. The van der Waals surface area contributed by atoms with Crippen molar-refractivity contribution in [2.45, 2.75) is 0 Å². The molecule has 0 unspecified atom stereocenters. The van der Waals surface area contributed by atoms with Crippen LogP contribution in [0.1, 0.15) is 15.9 Å². The Morgan fingerprint density at radius 2 is 1.85 bits per heavy atom. The van der Waals surface area contributed by atoms with Gasteiger partial charge in [-0.15, -0.1) is 0 Å². The number of allylic oxidation sites excluding steroid dienone is 2. The normalized spacial score (nSPS) is 14.9. The van der Waals surface area contributed by atoms with Crippen LogP contribution in [0.15, 0.2) is 50.4 Å². The molecule has 1 aliphatic rings. The number of carbonyl (C=O) groups is 1. The van der Waals surface area contributed by atoms with E-state index in [2.05, 4.69) is 36.9 Å². The number of halogens is 3. The lowest BCUT2D eigenvalue weighted by Crippen LogP contribution is -3.00. The Labute approximate surface area is 174 Å². The number of nitrogens with two attached hydrogens (primary N) is 1. The molecule has 0 aromatic heterocycles. The average molecular weight is 502 g/mol. The highest BCUT2D eigenvalue weighted by Crippen LogP contribution is 2.40. The van der Waals surface area contributed by atoms with Gasteiger partial charge in [-0.3, -0.25) is 4.79 Å². The van der Waals surface area contributed by atoms with E-state index in [9.17, 15) is 9.90 Å². The predicted molar refractivity (Wildman–Crippen MR) is 107 cm³/mol. The number of phenolic OH excluding ortho intramolecular Hbond substituents is 1. The van der Waals surface area contributed by atoms with Gasteiger partial charge in [0.25, 0.3) is 0 Å². The molecule has 0 saturated carbocycles. The van der Waals surface area contributed by atoms with E-state index < -0.39 is 0 Å². The number of carbonyl (C=O) groups excluding carboxylic acids is 1. The molecule has 0 heterocycles. The molecule has 0 bridgehead atoms. The van der Waals surface area contributed by atoms with Crippen LogP contribution >= 0.6 is 31.9 Å². The number of ketones is 1. The van der Waals surface area contributed by atoms with Gasteiger partial charge >= 0.3 is 0 Å². The number of aromatic hydroxyl groups is 1. The molecule has 1 aliphatic carbocycles. The van der Waals surface area contributed by atoms with Crippen LogP contribution in [0, 0.1) is 0 Å². The molecular weight excluding hydrogens is 485 g/mol. The molecule has 0 radical (unpaired) electrons. The van der Waals surface area contributed by atoms with Crippen molar-refractivity contribution in [1.29, 1.82) is 0 Å². The van der Waals surface area contributed by atoms with Crippen LogP contribution in [0.25, 0.3) is 0 Å². The number of rotatable bonds is 2. The fourth-order valence-electron chi connectivity index (χ4n) is 2.64. The van der Waals surface area contributed by atoms with Crippen molar-refractivity contribution in [3.05, 3.63) is 56.5 Å². The second kappa shape index (κ2) is 7.92. The topological polar surface area (TPSA) is 80.1 Å². The minimum absolute atomic E-state index is 0. The van der Waals surface area contributed by atoms with Crippen LogP contribution in [0.5, 0.6) is 5.75 Å². The van der Waals surface area contributed by atoms with Crippen LogP contribution in [-0.4, -0.2) is 30.7 Å². The number of phenols is 1. The lowest BCUT2D eigenvalue weighted by atomic mass is 9.91. The Hall–Kier alpha value is -1.67. The summed E-state index contributed by atoms with van der Waals surface area (Å²) in [7, 11) is 4.06. The second-order valence-corrected chi connectivity index (χ2v) is 7.62. The Kier molecular flexibility index (Phi) is 6.29. The molecule has 4 N–H and O–H groups in total. The first-order chi connectivity index (χ1) is 11.8. The zero-order valence-corrected chi connectivity index (χ0v) is 17.9. The van der Waals surface area contributed by atoms with Crippen LogP contribution < -0.4 is 23.0 Å². The molecule has 5 nitrogen and oxygen atoms in total. The van der Waals surface area contributed by atoms with Gasteiger partial charge in [-0.2, -0.15) is 0 Å². The third kappa shape index (κ3) is 3.71. The smallest absolute Gasteiger partial charge is 0.202 e. The molecule has 0 aliphatic heterocycles. The monoisotopic (exact) mass is 499 g/mol. The van der Waals surface area contributed by atoms with E-state index in [1.54, 1.807) is 6.08 Å². The quantitative estimate of drug-likeness (QED) is 0.404. The highest BCUT2D eigenvalue weighted by atomic mass is 79.9. The van der Waals surface area contributed by atoms with Crippen molar-refractivity contribution in [2.75, 3.05) is 19.8 Å². The van der Waals surface area contributed by atoms with Gasteiger partial charge in [0.15, 0.2) is 0 Å². The number of aliphatic imine (C=N–C) groups is 1. The zero-order chi connectivity index (χ0) is 18.3. The maximum absolute atomic E-state index is 12.5. The van der Waals surface area contributed by atoms with E-state index in [0.29, 0.717) is 20.2 Å². The molecule has 8 heteroatoms. The number of nitrogens with zero attached hydrogens (tertiary/aromatic N) is 1. The van der Waals surface area contributed by atoms with Gasteiger partial charge in [0, 0.05) is 11.8 Å². The highest BCUT2D eigenvalue weighted by Gasteiger charge is 2.29. The van der Waals surface area contributed by atoms with E-state index in [1.165, 1.54) is 11.0 Å². The molecule has 0 saturated heterocycles. The maximum Gasteiger partial charge on any atom is 0.202 e. The second-order valence-electron chi connectivity index (χ2n) is 5.91. The molecule has 2 aromatic carbocycles. The van der Waals surface area contributed by atoms with Gasteiger partial charge in [0.2, 0.25) is 5.78 Å². The number of benzene rings is 2. The first kappa shape index (κ1) is 20.6. The van der Waals surface area contributed by atoms with E-state index in [1.807, 2.05) is 38.4 Å². The van der Waals surface area contributed by atoms with Crippen LogP contribution in [0.2, 0.25) is 0 Å². The summed E-state index contributed by atoms with van der Waals surface area (Å²) in [4.78, 5) is 18.3. The Balaban J connectivity index is 0.00000243. The minimum Gasteiger partial charge on any atom is -1.00 e. The van der Waals surface area contributed by atoms with Crippen molar-refractivity contribution < 1.29 is 27.2 Å². The van der Waals surface area contributed by atoms with Gasteiger partial charge < -0.3 is 28.1 Å². The van der Waals surface area contributed by atoms with Crippen molar-refractivity contribution in [2.24, 2.45) is 4.99 Å². The summed E-state index contributed by atoms with van der Waals surface area (Å²) in [5, 5.41) is 10.5. The standard InChI is InChI=1S/C18H15Br2N3O2.ClH/c1-23(2)10-5-3-4-9(6-10)22-14-8-12(20)17(24)15-13(21)7-11(19)18(25)16(14)15;/h3-8,25H,21H2,1-2H3;1H. The minimum atomic E-state index is -0.277. The lowest BCUT2D eigenvalue weighted by Gasteiger charge is -2.19. The van der Waals surface area contributed by atoms with Crippen molar-refractivity contribution in [3.8, 4) is 5.75 Å². The molecule has 0 atom stereocenters. The van der Waals surface area contributed by atoms with E-state index in [-0.39, 0.29) is 35.2 Å². The number of nitrogens with one attached hydrogen (secondary N) is 1. The number of nitrogen functional groups attached to an aromatic ring is 1. The number of hydrogen-bond acceptors (Lipinski definition) is 4. The highest BCUT2D eigenvalue weighted by molar-refractivity contribution is 9.12.